The van der Waals surface area contributed by atoms with Crippen molar-refractivity contribution < 1.29 is 38.6 Å². The van der Waals surface area contributed by atoms with Gasteiger partial charge < -0.3 is 25.6 Å². The third-order valence-electron chi connectivity index (χ3n) is 7.43. The molecule has 4 N–H and O–H groups in total. The molecule has 0 radical (unpaired) electrons. The maximum atomic E-state index is 12.9. The molecule has 262 valence electrons. The smallest absolute Gasteiger partial charge is 0.407 e. The van der Waals surface area contributed by atoms with Crippen LogP contribution in [0.15, 0.2) is 84.9 Å². The van der Waals surface area contributed by atoms with Crippen molar-refractivity contribution in [1.82, 2.24) is 5.32 Å². The number of aryl methyl sites for hydroxylation is 1. The molecule has 3 amide bonds. The molecule has 3 aromatic carbocycles. The molecule has 1 aromatic heterocycles. The van der Waals surface area contributed by atoms with E-state index < -0.39 is 42.0 Å². The Morgan fingerprint density at radius 1 is 0.880 bits per heavy atom. The van der Waals surface area contributed by atoms with Gasteiger partial charge in [0.1, 0.15) is 23.6 Å². The lowest BCUT2D eigenvalue weighted by molar-refractivity contribution is -0.135. The number of thiophene rings is 1. The van der Waals surface area contributed by atoms with Gasteiger partial charge in [0, 0.05) is 22.7 Å². The summed E-state index contributed by atoms with van der Waals surface area (Å²) in [5.41, 5.74) is 8.62. The van der Waals surface area contributed by atoms with Crippen molar-refractivity contribution in [2.75, 3.05) is 11.4 Å². The first-order valence-corrected chi connectivity index (χ1v) is 16.9. The van der Waals surface area contributed by atoms with E-state index in [4.69, 9.17) is 15.2 Å². The first-order chi connectivity index (χ1) is 23.8. The fourth-order valence-corrected chi connectivity index (χ4v) is 6.46. The Labute approximate surface area is 295 Å². The number of alkyl carbamates (subject to hydrolysis) is 1. The Bertz CT molecular complexity index is 1820. The summed E-state index contributed by atoms with van der Waals surface area (Å²) in [7, 11) is 0. The van der Waals surface area contributed by atoms with Crippen LogP contribution in [0.5, 0.6) is 0 Å². The highest BCUT2D eigenvalue weighted by atomic mass is 32.1. The van der Waals surface area contributed by atoms with Crippen molar-refractivity contribution >= 4 is 46.9 Å². The number of carbonyl (C=O) groups is 5. The number of ether oxygens (including phenoxy) is 2. The van der Waals surface area contributed by atoms with Crippen molar-refractivity contribution in [2.24, 2.45) is 5.73 Å². The van der Waals surface area contributed by atoms with Gasteiger partial charge in [-0.1, -0.05) is 60.7 Å². The number of benzene rings is 3. The summed E-state index contributed by atoms with van der Waals surface area (Å²) in [5, 5.41) is 11.8. The number of nitrogens with two attached hydrogens (primary N) is 1. The van der Waals surface area contributed by atoms with Gasteiger partial charge in [0.15, 0.2) is 0 Å². The molecule has 0 atom stereocenters. The van der Waals surface area contributed by atoms with Crippen LogP contribution in [-0.4, -0.2) is 47.1 Å². The third kappa shape index (κ3) is 10.8. The molecule has 0 spiro atoms. The van der Waals surface area contributed by atoms with Crippen molar-refractivity contribution in [3.63, 3.8) is 0 Å². The van der Waals surface area contributed by atoms with Crippen LogP contribution in [0.2, 0.25) is 0 Å². The second-order valence-electron chi connectivity index (χ2n) is 12.5. The molecule has 1 heterocycles. The SMILES string of the molecule is CC(C)(C)OC(=O)NCc1cccc(C(=O)N(CC(=O)O)c2ccccc2)c1.NC(=O)c1sc2c(c1C(=O)OCc1ccccc1)CCCC2. The van der Waals surface area contributed by atoms with Crippen LogP contribution in [0.4, 0.5) is 10.5 Å². The lowest BCUT2D eigenvalue weighted by Crippen LogP contribution is -2.36. The van der Waals surface area contributed by atoms with Crippen LogP contribution in [0.1, 0.15) is 85.6 Å². The molecule has 4 aromatic rings. The first-order valence-electron chi connectivity index (χ1n) is 16.1. The fraction of sp³-hybridized carbons (Fsp3) is 0.289. The van der Waals surface area contributed by atoms with Crippen molar-refractivity contribution in [3.05, 3.63) is 123 Å². The number of primary amides is 1. The number of para-hydroxylation sites is 1. The van der Waals surface area contributed by atoms with E-state index in [1.54, 1.807) is 75.4 Å². The quantitative estimate of drug-likeness (QED) is 0.157. The Kier molecular flexibility index (Phi) is 12.9. The van der Waals surface area contributed by atoms with Crippen LogP contribution >= 0.6 is 11.3 Å². The predicted octanol–water partition coefficient (Wildman–Crippen LogP) is 6.53. The molecular weight excluding hydrogens is 658 g/mol. The number of esters is 1. The van der Waals surface area contributed by atoms with Gasteiger partial charge in [-0.05, 0) is 87.4 Å². The van der Waals surface area contributed by atoms with Gasteiger partial charge in [-0.15, -0.1) is 11.3 Å². The lowest BCUT2D eigenvalue weighted by Gasteiger charge is -2.21. The Morgan fingerprint density at radius 2 is 1.52 bits per heavy atom. The Morgan fingerprint density at radius 3 is 2.16 bits per heavy atom. The normalized spacial score (nSPS) is 12.0. The second-order valence-corrected chi connectivity index (χ2v) is 13.6. The lowest BCUT2D eigenvalue weighted by atomic mass is 9.95. The standard InChI is InChI=1S/C21H24N2O5.C17H17NO3S/c1-21(2,3)28-20(27)22-13-15-8-7-9-16(12-15)19(26)23(14-18(24)25)17-10-5-4-6-11-17;18-16(19)15-14(12-8-4-5-9-13(12)22-15)17(20)21-10-11-6-2-1-3-7-11/h4-12H,13-14H2,1-3H3,(H,22,27)(H,24,25);1-3,6-7H,4-5,8-10H2,(H2,18,19). The largest absolute Gasteiger partial charge is 0.480 e. The summed E-state index contributed by atoms with van der Waals surface area (Å²) in [4.78, 5) is 62.7. The van der Waals surface area contributed by atoms with Crippen molar-refractivity contribution in [1.29, 1.82) is 0 Å². The molecule has 5 rings (SSSR count). The van der Waals surface area contributed by atoms with E-state index >= 15 is 0 Å². The zero-order valence-electron chi connectivity index (χ0n) is 28.3. The predicted molar refractivity (Wildman–Crippen MR) is 190 cm³/mol. The van der Waals surface area contributed by atoms with Gasteiger partial charge in [-0.2, -0.15) is 0 Å². The minimum atomic E-state index is -1.11. The van der Waals surface area contributed by atoms with Gasteiger partial charge >= 0.3 is 18.0 Å². The fourth-order valence-electron chi connectivity index (χ4n) is 5.23. The van der Waals surface area contributed by atoms with E-state index in [1.165, 1.54) is 16.2 Å². The number of anilines is 1. The average Bonchev–Trinajstić information content (AvgIpc) is 3.49. The van der Waals surface area contributed by atoms with Gasteiger partial charge in [0.2, 0.25) is 0 Å². The summed E-state index contributed by atoms with van der Waals surface area (Å²) < 4.78 is 10.6. The minimum Gasteiger partial charge on any atom is -0.480 e. The second kappa shape index (κ2) is 17.3. The number of carbonyl (C=O) groups excluding carboxylic acids is 4. The van der Waals surface area contributed by atoms with Crippen LogP contribution in [0.25, 0.3) is 0 Å². The highest BCUT2D eigenvalue weighted by Gasteiger charge is 2.28. The van der Waals surface area contributed by atoms with Gasteiger partial charge in [-0.3, -0.25) is 19.3 Å². The molecule has 0 saturated carbocycles. The van der Waals surface area contributed by atoms with Crippen LogP contribution in [-0.2, 0) is 40.3 Å². The maximum absolute atomic E-state index is 12.9. The summed E-state index contributed by atoms with van der Waals surface area (Å²) in [6, 6.07) is 24.8. The summed E-state index contributed by atoms with van der Waals surface area (Å²) in [6.45, 7) is 5.23. The number of rotatable bonds is 10. The zero-order chi connectivity index (χ0) is 36.3. The van der Waals surface area contributed by atoms with Crippen molar-refractivity contribution in [3.8, 4) is 0 Å². The van der Waals surface area contributed by atoms with Gasteiger partial charge in [0.05, 0.1) is 5.56 Å². The molecule has 0 unspecified atom stereocenters. The summed E-state index contributed by atoms with van der Waals surface area (Å²) in [5.74, 6) is -2.55. The minimum absolute atomic E-state index is 0.181. The number of nitrogens with zero attached hydrogens (tertiary/aromatic N) is 1. The summed E-state index contributed by atoms with van der Waals surface area (Å²) >= 11 is 1.34. The number of aliphatic carboxylic acids is 1. The van der Waals surface area contributed by atoms with E-state index in [1.807, 2.05) is 30.3 Å². The zero-order valence-corrected chi connectivity index (χ0v) is 29.1. The third-order valence-corrected chi connectivity index (χ3v) is 8.73. The Balaban J connectivity index is 0.000000231. The molecule has 1 aliphatic carbocycles. The molecule has 11 nitrogen and oxygen atoms in total. The number of hydrogen-bond acceptors (Lipinski definition) is 8. The monoisotopic (exact) mass is 699 g/mol. The van der Waals surface area contributed by atoms with Crippen LogP contribution in [0.3, 0.4) is 0 Å². The first kappa shape index (κ1) is 37.3. The number of amides is 3. The van der Waals surface area contributed by atoms with Gasteiger partial charge in [0.25, 0.3) is 11.8 Å². The van der Waals surface area contributed by atoms with Gasteiger partial charge in [-0.25, -0.2) is 9.59 Å². The molecule has 0 fully saturated rings. The molecule has 1 aliphatic rings. The van der Waals surface area contributed by atoms with E-state index in [-0.39, 0.29) is 13.2 Å². The molecular formula is C38H41N3O8S. The van der Waals surface area contributed by atoms with E-state index in [9.17, 15) is 29.1 Å². The Hall–Kier alpha value is -5.49. The molecule has 12 heteroatoms. The molecule has 0 bridgehead atoms. The van der Waals surface area contributed by atoms with Crippen LogP contribution in [0, 0.1) is 0 Å². The highest BCUT2D eigenvalue weighted by Crippen LogP contribution is 2.35. The molecule has 0 saturated heterocycles. The van der Waals surface area contributed by atoms with Crippen molar-refractivity contribution in [2.45, 2.75) is 65.2 Å². The summed E-state index contributed by atoms with van der Waals surface area (Å²) in [6.07, 6.45) is 3.28. The van der Waals surface area contributed by atoms with Crippen LogP contribution < -0.4 is 16.0 Å². The molecule has 0 aliphatic heterocycles. The van der Waals surface area contributed by atoms with E-state index in [0.29, 0.717) is 27.3 Å². The highest BCUT2D eigenvalue weighted by molar-refractivity contribution is 7.14. The number of carboxylic acid groups (broad SMARTS) is 1. The topological polar surface area (TPSA) is 165 Å². The number of hydrogen-bond donors (Lipinski definition) is 3. The maximum Gasteiger partial charge on any atom is 0.407 e. The number of carboxylic acids is 1. The van der Waals surface area contributed by atoms with E-state index in [0.717, 1.165) is 41.7 Å². The number of nitrogens with one attached hydrogen (secondary N) is 1. The van der Waals surface area contributed by atoms with E-state index in [2.05, 4.69) is 5.32 Å². The molecule has 50 heavy (non-hydrogen) atoms. The average molecular weight is 700 g/mol. The number of fused-ring (bicyclic) bond motifs is 1.